The molecular formula is C24H22N4O2. The second kappa shape index (κ2) is 8.61. The quantitative estimate of drug-likeness (QED) is 0.521. The first kappa shape index (κ1) is 19.4. The van der Waals surface area contributed by atoms with Gasteiger partial charge in [-0.05, 0) is 47.9 Å². The number of nitrogens with zero attached hydrogens (tertiary/aromatic N) is 2. The highest BCUT2D eigenvalue weighted by molar-refractivity contribution is 5.94. The zero-order chi connectivity index (χ0) is 20.9. The second-order valence-corrected chi connectivity index (χ2v) is 7.14. The minimum atomic E-state index is -0.406. The number of amides is 1. The summed E-state index contributed by atoms with van der Waals surface area (Å²) in [6, 6.07) is 20.9. The van der Waals surface area contributed by atoms with E-state index in [2.05, 4.69) is 15.4 Å². The third-order valence-electron chi connectivity index (χ3n) is 4.93. The molecule has 0 aliphatic carbocycles. The van der Waals surface area contributed by atoms with Crippen LogP contribution in [0.3, 0.4) is 0 Å². The van der Waals surface area contributed by atoms with E-state index < -0.39 is 11.5 Å². The molecule has 150 valence electrons. The zero-order valence-corrected chi connectivity index (χ0v) is 16.6. The topological polar surface area (TPSA) is 79.8 Å². The summed E-state index contributed by atoms with van der Waals surface area (Å²) in [7, 11) is 0. The number of H-pyrrole nitrogens is 1. The molecule has 4 rings (SSSR count). The molecule has 0 spiro atoms. The Bertz CT molecular complexity index is 1230. The predicted molar refractivity (Wildman–Crippen MR) is 116 cm³/mol. The molecule has 2 N–H and O–H groups in total. The number of carbonyl (C=O) groups is 1. The van der Waals surface area contributed by atoms with Gasteiger partial charge in [-0.25, -0.2) is 0 Å². The number of aromatic amines is 1. The summed E-state index contributed by atoms with van der Waals surface area (Å²) >= 11 is 0. The van der Waals surface area contributed by atoms with Crippen molar-refractivity contribution in [3.63, 3.8) is 0 Å². The lowest BCUT2D eigenvalue weighted by Crippen LogP contribution is -2.29. The van der Waals surface area contributed by atoms with E-state index in [0.717, 1.165) is 22.3 Å². The summed E-state index contributed by atoms with van der Waals surface area (Å²) in [6.07, 6.45) is 3.63. The number of aryl methyl sites for hydroxylation is 1. The largest absolute Gasteiger partial charge is 0.348 e. The smallest absolute Gasteiger partial charge is 0.261 e. The zero-order valence-electron chi connectivity index (χ0n) is 16.6. The first-order valence-corrected chi connectivity index (χ1v) is 9.73. The van der Waals surface area contributed by atoms with Crippen molar-refractivity contribution in [1.82, 2.24) is 20.1 Å². The molecule has 30 heavy (non-hydrogen) atoms. The van der Waals surface area contributed by atoms with Crippen molar-refractivity contribution in [2.75, 3.05) is 0 Å². The molecule has 0 saturated heterocycles. The number of aromatic nitrogens is 3. The van der Waals surface area contributed by atoms with Gasteiger partial charge in [0.1, 0.15) is 5.56 Å². The second-order valence-electron chi connectivity index (χ2n) is 7.14. The number of carbonyl (C=O) groups excluding carboxylic acids is 1. The molecule has 2 heterocycles. The average Bonchev–Trinajstić information content (AvgIpc) is 3.26. The number of hydrogen-bond acceptors (Lipinski definition) is 3. The molecule has 0 radical (unpaired) electrons. The van der Waals surface area contributed by atoms with Crippen LogP contribution in [0.2, 0.25) is 0 Å². The van der Waals surface area contributed by atoms with Crippen molar-refractivity contribution in [3.8, 4) is 11.3 Å². The Hall–Kier alpha value is -3.93. The number of nitrogens with one attached hydrogen (secondary N) is 2. The van der Waals surface area contributed by atoms with E-state index in [-0.39, 0.29) is 5.56 Å². The Morgan fingerprint density at radius 1 is 1.03 bits per heavy atom. The molecule has 0 saturated carbocycles. The lowest BCUT2D eigenvalue weighted by Gasteiger charge is -2.11. The van der Waals surface area contributed by atoms with Crippen LogP contribution >= 0.6 is 0 Å². The SMILES string of the molecule is Cc1cccc(-c2ccc(C(=O)NCc3ccccc3Cn3cccn3)c(=O)[nH]2)c1. The molecule has 0 unspecified atom stereocenters. The fourth-order valence-electron chi connectivity index (χ4n) is 3.36. The summed E-state index contributed by atoms with van der Waals surface area (Å²) in [5, 5.41) is 7.09. The van der Waals surface area contributed by atoms with Crippen molar-refractivity contribution in [3.05, 3.63) is 112 Å². The monoisotopic (exact) mass is 398 g/mol. The standard InChI is InChI=1S/C24H22N4O2/c1-17-6-4-9-18(14-17)22-11-10-21(24(30)27-22)23(29)25-15-19-7-2-3-8-20(19)16-28-13-5-12-26-28/h2-14H,15-16H2,1H3,(H,25,29)(H,27,30). The van der Waals surface area contributed by atoms with Crippen LogP contribution in [0.5, 0.6) is 0 Å². The van der Waals surface area contributed by atoms with Gasteiger partial charge in [-0.1, -0.05) is 48.0 Å². The lowest BCUT2D eigenvalue weighted by molar-refractivity contribution is 0.0949. The van der Waals surface area contributed by atoms with Crippen molar-refractivity contribution >= 4 is 5.91 Å². The van der Waals surface area contributed by atoms with E-state index in [1.165, 1.54) is 0 Å². The molecule has 1 amide bonds. The van der Waals surface area contributed by atoms with Gasteiger partial charge in [-0.15, -0.1) is 0 Å². The van der Waals surface area contributed by atoms with Gasteiger partial charge < -0.3 is 10.3 Å². The Kier molecular flexibility index (Phi) is 5.57. The van der Waals surface area contributed by atoms with Gasteiger partial charge in [-0.2, -0.15) is 5.10 Å². The Morgan fingerprint density at radius 2 is 1.87 bits per heavy atom. The van der Waals surface area contributed by atoms with E-state index in [1.54, 1.807) is 18.3 Å². The number of rotatable bonds is 6. The maximum absolute atomic E-state index is 12.6. The van der Waals surface area contributed by atoms with Crippen LogP contribution < -0.4 is 10.9 Å². The van der Waals surface area contributed by atoms with Gasteiger partial charge in [-0.3, -0.25) is 14.3 Å². The van der Waals surface area contributed by atoms with Crippen LogP contribution in [-0.4, -0.2) is 20.7 Å². The Morgan fingerprint density at radius 3 is 2.60 bits per heavy atom. The number of benzene rings is 2. The van der Waals surface area contributed by atoms with E-state index >= 15 is 0 Å². The van der Waals surface area contributed by atoms with Crippen molar-refractivity contribution in [2.24, 2.45) is 0 Å². The van der Waals surface area contributed by atoms with Crippen LogP contribution in [0.1, 0.15) is 27.0 Å². The molecule has 2 aromatic carbocycles. The number of pyridine rings is 1. The van der Waals surface area contributed by atoms with Gasteiger partial charge in [0.25, 0.3) is 11.5 Å². The normalized spacial score (nSPS) is 10.7. The maximum atomic E-state index is 12.6. The van der Waals surface area contributed by atoms with Gasteiger partial charge in [0.15, 0.2) is 0 Å². The fourth-order valence-corrected chi connectivity index (χ4v) is 3.36. The third-order valence-corrected chi connectivity index (χ3v) is 4.93. The van der Waals surface area contributed by atoms with Gasteiger partial charge >= 0.3 is 0 Å². The first-order valence-electron chi connectivity index (χ1n) is 9.73. The molecule has 6 heteroatoms. The molecule has 2 aromatic heterocycles. The van der Waals surface area contributed by atoms with Crippen molar-refractivity contribution < 1.29 is 4.79 Å². The third kappa shape index (κ3) is 4.38. The van der Waals surface area contributed by atoms with E-state index in [0.29, 0.717) is 18.8 Å². The molecule has 4 aromatic rings. The highest BCUT2D eigenvalue weighted by atomic mass is 16.2. The predicted octanol–water partition coefficient (Wildman–Crippen LogP) is 3.53. The summed E-state index contributed by atoms with van der Waals surface area (Å²) in [6.45, 7) is 2.94. The van der Waals surface area contributed by atoms with Crippen LogP contribution in [0.15, 0.2) is 83.9 Å². The Labute approximate surface area is 174 Å². The van der Waals surface area contributed by atoms with Crippen LogP contribution in [0, 0.1) is 6.92 Å². The van der Waals surface area contributed by atoms with E-state index in [4.69, 9.17) is 0 Å². The lowest BCUT2D eigenvalue weighted by atomic mass is 10.1. The van der Waals surface area contributed by atoms with Gasteiger partial charge in [0.2, 0.25) is 0 Å². The minimum Gasteiger partial charge on any atom is -0.348 e. The number of hydrogen-bond donors (Lipinski definition) is 2. The first-order chi connectivity index (χ1) is 14.6. The maximum Gasteiger partial charge on any atom is 0.261 e. The molecule has 0 aliphatic rings. The van der Waals surface area contributed by atoms with Gasteiger partial charge in [0, 0.05) is 24.6 Å². The highest BCUT2D eigenvalue weighted by Crippen LogP contribution is 2.17. The fraction of sp³-hybridized carbons (Fsp3) is 0.125. The Balaban J connectivity index is 1.48. The molecule has 0 fully saturated rings. The molecule has 0 bridgehead atoms. The van der Waals surface area contributed by atoms with Gasteiger partial charge in [0.05, 0.1) is 6.54 Å². The summed E-state index contributed by atoms with van der Waals surface area (Å²) in [5.41, 5.74) is 4.42. The summed E-state index contributed by atoms with van der Waals surface area (Å²) < 4.78 is 1.83. The summed E-state index contributed by atoms with van der Waals surface area (Å²) in [4.78, 5) is 27.9. The van der Waals surface area contributed by atoms with Crippen molar-refractivity contribution in [1.29, 1.82) is 0 Å². The molecular weight excluding hydrogens is 376 g/mol. The minimum absolute atomic E-state index is 0.0935. The van der Waals surface area contributed by atoms with E-state index in [1.807, 2.05) is 72.4 Å². The van der Waals surface area contributed by atoms with E-state index in [9.17, 15) is 9.59 Å². The van der Waals surface area contributed by atoms with Crippen LogP contribution in [0.25, 0.3) is 11.3 Å². The van der Waals surface area contributed by atoms with Crippen LogP contribution in [0.4, 0.5) is 0 Å². The summed E-state index contributed by atoms with van der Waals surface area (Å²) in [5.74, 6) is -0.402. The highest BCUT2D eigenvalue weighted by Gasteiger charge is 2.12. The van der Waals surface area contributed by atoms with Crippen LogP contribution in [-0.2, 0) is 13.1 Å². The van der Waals surface area contributed by atoms with Crippen molar-refractivity contribution in [2.45, 2.75) is 20.0 Å². The molecule has 6 nitrogen and oxygen atoms in total. The molecule has 0 aliphatic heterocycles. The molecule has 0 atom stereocenters. The average molecular weight is 398 g/mol.